The lowest BCUT2D eigenvalue weighted by molar-refractivity contribution is -0.141. The van der Waals surface area contributed by atoms with Crippen LogP contribution in [0.3, 0.4) is 0 Å². The number of nitrogens with zero attached hydrogens (tertiary/aromatic N) is 3. The first-order chi connectivity index (χ1) is 8.69. The van der Waals surface area contributed by atoms with Crippen molar-refractivity contribution in [3.05, 3.63) is 18.2 Å². The van der Waals surface area contributed by atoms with Gasteiger partial charge in [-0.3, -0.25) is 4.90 Å². The Hall–Kier alpha value is -1.08. The molecule has 0 radical (unpaired) electrons. The van der Waals surface area contributed by atoms with E-state index in [1.54, 1.807) is 6.92 Å². The lowest BCUT2D eigenvalue weighted by Crippen LogP contribution is -2.37. The van der Waals surface area contributed by atoms with Crippen LogP contribution in [-0.4, -0.2) is 44.4 Å². The fourth-order valence-corrected chi connectivity index (χ4v) is 1.81. The first kappa shape index (κ1) is 16.0. The van der Waals surface area contributed by atoms with Crippen LogP contribution in [0.1, 0.15) is 26.6 Å². The Morgan fingerprint density at radius 1 is 1.37 bits per heavy atom. The van der Waals surface area contributed by atoms with Crippen molar-refractivity contribution in [2.24, 2.45) is 0 Å². The number of halogens is 3. The van der Waals surface area contributed by atoms with Crippen LogP contribution in [0.2, 0.25) is 0 Å². The number of hydrogen-bond donors (Lipinski definition) is 1. The summed E-state index contributed by atoms with van der Waals surface area (Å²) in [6.07, 6.45) is -2.11. The van der Waals surface area contributed by atoms with Crippen molar-refractivity contribution in [2.75, 3.05) is 6.54 Å². The maximum atomic E-state index is 12.4. The van der Waals surface area contributed by atoms with E-state index < -0.39 is 18.8 Å². The highest BCUT2D eigenvalue weighted by Gasteiger charge is 2.29. The van der Waals surface area contributed by atoms with E-state index in [2.05, 4.69) is 4.98 Å². The molecule has 0 aliphatic rings. The molecule has 1 N–H and O–H groups in total. The zero-order chi connectivity index (χ0) is 14.6. The number of aliphatic hydroxyl groups is 1. The number of alkyl halides is 3. The van der Waals surface area contributed by atoms with Crippen LogP contribution in [0.15, 0.2) is 12.4 Å². The van der Waals surface area contributed by atoms with E-state index in [0.29, 0.717) is 12.4 Å². The van der Waals surface area contributed by atoms with E-state index >= 15 is 0 Å². The number of hydrogen-bond acceptors (Lipinski definition) is 3. The molecule has 0 aliphatic carbocycles. The zero-order valence-electron chi connectivity index (χ0n) is 11.4. The fraction of sp³-hybridized carbons (Fsp3) is 0.750. The molecule has 0 saturated heterocycles. The minimum atomic E-state index is -4.26. The molecule has 4 nitrogen and oxygen atoms in total. The van der Waals surface area contributed by atoms with Crippen molar-refractivity contribution in [3.8, 4) is 0 Å². The first-order valence-corrected chi connectivity index (χ1v) is 6.18. The quantitative estimate of drug-likeness (QED) is 0.866. The minimum Gasteiger partial charge on any atom is -0.392 e. The van der Waals surface area contributed by atoms with Gasteiger partial charge in [-0.05, 0) is 20.8 Å². The fourth-order valence-electron chi connectivity index (χ4n) is 1.81. The molecule has 19 heavy (non-hydrogen) atoms. The van der Waals surface area contributed by atoms with Crippen molar-refractivity contribution in [3.63, 3.8) is 0 Å². The molecule has 0 amide bonds. The maximum Gasteiger partial charge on any atom is 0.406 e. The third-order valence-electron chi connectivity index (χ3n) is 2.72. The Bertz CT molecular complexity index is 388. The maximum absolute atomic E-state index is 12.4. The largest absolute Gasteiger partial charge is 0.406 e. The monoisotopic (exact) mass is 279 g/mol. The molecule has 7 heteroatoms. The molecule has 1 heterocycles. The lowest BCUT2D eigenvalue weighted by Gasteiger charge is -2.27. The number of rotatable bonds is 6. The summed E-state index contributed by atoms with van der Waals surface area (Å²) >= 11 is 0. The van der Waals surface area contributed by atoms with E-state index in [4.69, 9.17) is 0 Å². The molecule has 1 aromatic heterocycles. The van der Waals surface area contributed by atoms with Gasteiger partial charge in [-0.1, -0.05) is 0 Å². The molecular weight excluding hydrogens is 259 g/mol. The summed E-state index contributed by atoms with van der Waals surface area (Å²) in [5.74, 6) is 0.353. The van der Waals surface area contributed by atoms with Crippen LogP contribution in [0.4, 0.5) is 13.2 Å². The highest BCUT2D eigenvalue weighted by atomic mass is 19.4. The van der Waals surface area contributed by atoms with Crippen molar-refractivity contribution < 1.29 is 18.3 Å². The number of aliphatic hydroxyl groups excluding tert-OH is 1. The second kappa shape index (κ2) is 6.38. The van der Waals surface area contributed by atoms with Gasteiger partial charge in [0.2, 0.25) is 0 Å². The van der Waals surface area contributed by atoms with Gasteiger partial charge in [0, 0.05) is 25.0 Å². The molecule has 1 rings (SSSR count). The van der Waals surface area contributed by atoms with Gasteiger partial charge in [0.25, 0.3) is 0 Å². The summed E-state index contributed by atoms with van der Waals surface area (Å²) in [7, 11) is 0. The first-order valence-electron chi connectivity index (χ1n) is 6.18. The van der Waals surface area contributed by atoms with Gasteiger partial charge in [0.15, 0.2) is 0 Å². The Morgan fingerprint density at radius 3 is 2.47 bits per heavy atom. The number of aromatic nitrogens is 2. The van der Waals surface area contributed by atoms with Crippen LogP contribution in [0.25, 0.3) is 0 Å². The van der Waals surface area contributed by atoms with E-state index in [-0.39, 0.29) is 12.6 Å². The van der Waals surface area contributed by atoms with Crippen molar-refractivity contribution >= 4 is 0 Å². The van der Waals surface area contributed by atoms with Gasteiger partial charge in [0.05, 0.1) is 12.6 Å². The summed E-state index contributed by atoms with van der Waals surface area (Å²) in [6.45, 7) is 5.15. The standard InChI is InChI=1S/C12H20F3N3O/c1-9(2)18(6-10(3)19)7-11-16-4-5-17(11)8-12(13,14)15/h4-5,9-10,19H,6-8H2,1-3H3. The average Bonchev–Trinajstić information content (AvgIpc) is 2.61. The van der Waals surface area contributed by atoms with Crippen LogP contribution in [-0.2, 0) is 13.1 Å². The molecule has 0 bridgehead atoms. The molecular formula is C12H20F3N3O. The highest BCUT2D eigenvalue weighted by Crippen LogP contribution is 2.19. The highest BCUT2D eigenvalue weighted by molar-refractivity contribution is 4.93. The molecule has 0 aromatic carbocycles. The average molecular weight is 279 g/mol. The lowest BCUT2D eigenvalue weighted by atomic mass is 10.2. The van der Waals surface area contributed by atoms with E-state index in [0.717, 1.165) is 4.57 Å². The van der Waals surface area contributed by atoms with Crippen LogP contribution >= 0.6 is 0 Å². The Balaban J connectivity index is 2.77. The third kappa shape index (κ3) is 5.61. The van der Waals surface area contributed by atoms with Gasteiger partial charge in [-0.25, -0.2) is 4.98 Å². The Morgan fingerprint density at radius 2 is 2.00 bits per heavy atom. The number of imidazole rings is 1. The van der Waals surface area contributed by atoms with E-state index in [1.165, 1.54) is 12.4 Å². The zero-order valence-corrected chi connectivity index (χ0v) is 11.4. The minimum absolute atomic E-state index is 0.116. The predicted molar refractivity (Wildman–Crippen MR) is 65.5 cm³/mol. The molecule has 0 fully saturated rings. The van der Waals surface area contributed by atoms with Gasteiger partial charge >= 0.3 is 6.18 Å². The summed E-state index contributed by atoms with van der Waals surface area (Å²) in [6, 6.07) is 0.116. The van der Waals surface area contributed by atoms with Gasteiger partial charge in [0.1, 0.15) is 12.4 Å². The molecule has 0 saturated carbocycles. The summed E-state index contributed by atoms with van der Waals surface area (Å²) < 4.78 is 38.3. The molecule has 1 unspecified atom stereocenters. The summed E-state index contributed by atoms with van der Waals surface area (Å²) in [5.41, 5.74) is 0. The molecule has 1 aromatic rings. The SMILES string of the molecule is CC(O)CN(Cc1nccn1CC(F)(F)F)C(C)C. The summed E-state index contributed by atoms with van der Waals surface area (Å²) in [5, 5.41) is 9.41. The summed E-state index contributed by atoms with van der Waals surface area (Å²) in [4.78, 5) is 5.86. The van der Waals surface area contributed by atoms with Gasteiger partial charge in [-0.15, -0.1) is 0 Å². The Labute approximate surface area is 110 Å². The van der Waals surface area contributed by atoms with E-state index in [9.17, 15) is 18.3 Å². The third-order valence-corrected chi connectivity index (χ3v) is 2.72. The predicted octanol–water partition coefficient (Wildman–Crippen LogP) is 2.04. The Kier molecular flexibility index (Phi) is 5.37. The van der Waals surface area contributed by atoms with Crippen molar-refractivity contribution in [1.29, 1.82) is 0 Å². The molecule has 0 aliphatic heterocycles. The van der Waals surface area contributed by atoms with Crippen molar-refractivity contribution in [1.82, 2.24) is 14.5 Å². The van der Waals surface area contributed by atoms with E-state index in [1.807, 2.05) is 18.7 Å². The second-order valence-electron chi connectivity index (χ2n) is 4.96. The molecule has 0 spiro atoms. The smallest absolute Gasteiger partial charge is 0.392 e. The van der Waals surface area contributed by atoms with Crippen LogP contribution < -0.4 is 0 Å². The normalized spacial score (nSPS) is 14.4. The van der Waals surface area contributed by atoms with Crippen molar-refractivity contribution in [2.45, 2.75) is 52.2 Å². The van der Waals surface area contributed by atoms with Gasteiger partial charge < -0.3 is 9.67 Å². The molecule has 110 valence electrons. The van der Waals surface area contributed by atoms with Crippen LogP contribution in [0.5, 0.6) is 0 Å². The topological polar surface area (TPSA) is 41.3 Å². The second-order valence-corrected chi connectivity index (χ2v) is 4.96. The van der Waals surface area contributed by atoms with Crippen LogP contribution in [0, 0.1) is 0 Å². The molecule has 1 atom stereocenters. The van der Waals surface area contributed by atoms with Gasteiger partial charge in [-0.2, -0.15) is 13.2 Å².